The topological polar surface area (TPSA) is 57.2 Å². The third kappa shape index (κ3) is 8.11. The molecule has 2 aliphatic heterocycles. The molecule has 0 saturated carbocycles. The van der Waals surface area contributed by atoms with Gasteiger partial charge in [0.05, 0.1) is 0 Å². The molecule has 0 aromatic heterocycles. The van der Waals surface area contributed by atoms with Gasteiger partial charge in [0.15, 0.2) is 5.96 Å². The first-order valence-electron chi connectivity index (χ1n) is 9.55. The fourth-order valence-electron chi connectivity index (χ4n) is 3.37. The number of guanidine groups is 1. The standard InChI is InChI=1S/C18H34N4O2.HI/c1-3-19-18(20-15-17(23)22-10-5-4-6-11-22)21(2)12-7-16-8-13-24-14-9-16;/h16H,3-15H2,1-2H3,(H,19,20);1H. The lowest BCUT2D eigenvalue weighted by Crippen LogP contribution is -2.42. The summed E-state index contributed by atoms with van der Waals surface area (Å²) in [6.07, 6.45) is 6.97. The van der Waals surface area contributed by atoms with Gasteiger partial charge in [0.25, 0.3) is 0 Å². The van der Waals surface area contributed by atoms with Crippen LogP contribution in [-0.2, 0) is 9.53 Å². The van der Waals surface area contributed by atoms with Crippen LogP contribution in [0.4, 0.5) is 0 Å². The number of amides is 1. The van der Waals surface area contributed by atoms with E-state index < -0.39 is 0 Å². The highest BCUT2D eigenvalue weighted by Crippen LogP contribution is 2.18. The Bertz CT molecular complexity index is 408. The van der Waals surface area contributed by atoms with E-state index in [-0.39, 0.29) is 36.4 Å². The van der Waals surface area contributed by atoms with E-state index in [2.05, 4.69) is 29.2 Å². The van der Waals surface area contributed by atoms with Crippen molar-refractivity contribution in [1.29, 1.82) is 0 Å². The summed E-state index contributed by atoms with van der Waals surface area (Å²) in [7, 11) is 2.06. The average Bonchev–Trinajstić information content (AvgIpc) is 2.64. The zero-order chi connectivity index (χ0) is 17.2. The zero-order valence-corrected chi connectivity index (χ0v) is 18.2. The van der Waals surface area contributed by atoms with Gasteiger partial charge in [-0.3, -0.25) is 4.79 Å². The number of halogens is 1. The van der Waals surface area contributed by atoms with Crippen LogP contribution in [-0.4, -0.2) is 74.7 Å². The molecule has 0 aliphatic carbocycles. The van der Waals surface area contributed by atoms with Crippen LogP contribution in [0.5, 0.6) is 0 Å². The summed E-state index contributed by atoms with van der Waals surface area (Å²) < 4.78 is 5.42. The van der Waals surface area contributed by atoms with Gasteiger partial charge in [-0.05, 0) is 51.4 Å². The monoisotopic (exact) mass is 466 g/mol. The quantitative estimate of drug-likeness (QED) is 0.371. The Morgan fingerprint density at radius 2 is 1.92 bits per heavy atom. The number of aliphatic imine (C=N–C) groups is 1. The van der Waals surface area contributed by atoms with Gasteiger partial charge in [-0.25, -0.2) is 4.99 Å². The van der Waals surface area contributed by atoms with Crippen molar-refractivity contribution < 1.29 is 9.53 Å². The van der Waals surface area contributed by atoms with Crippen molar-refractivity contribution in [3.05, 3.63) is 0 Å². The first-order valence-corrected chi connectivity index (χ1v) is 9.55. The van der Waals surface area contributed by atoms with Gasteiger partial charge in [-0.2, -0.15) is 0 Å². The summed E-state index contributed by atoms with van der Waals surface area (Å²) in [6, 6.07) is 0. The summed E-state index contributed by atoms with van der Waals surface area (Å²) in [5.74, 6) is 1.75. The molecule has 1 N–H and O–H groups in total. The Morgan fingerprint density at radius 3 is 2.56 bits per heavy atom. The molecule has 6 nitrogen and oxygen atoms in total. The number of rotatable bonds is 6. The van der Waals surface area contributed by atoms with Crippen molar-refractivity contribution in [3.8, 4) is 0 Å². The lowest BCUT2D eigenvalue weighted by molar-refractivity contribution is -0.130. The number of ether oxygens (including phenoxy) is 1. The van der Waals surface area contributed by atoms with E-state index in [0.29, 0.717) is 0 Å². The molecule has 2 aliphatic rings. The highest BCUT2D eigenvalue weighted by atomic mass is 127. The van der Waals surface area contributed by atoms with Crippen molar-refractivity contribution in [2.24, 2.45) is 10.9 Å². The predicted octanol–water partition coefficient (Wildman–Crippen LogP) is 2.33. The molecule has 0 aromatic carbocycles. The van der Waals surface area contributed by atoms with E-state index in [0.717, 1.165) is 83.4 Å². The van der Waals surface area contributed by atoms with Crippen LogP contribution in [0.25, 0.3) is 0 Å². The average molecular weight is 466 g/mol. The van der Waals surface area contributed by atoms with Gasteiger partial charge < -0.3 is 19.9 Å². The van der Waals surface area contributed by atoms with Crippen LogP contribution in [0.3, 0.4) is 0 Å². The van der Waals surface area contributed by atoms with Gasteiger partial charge in [0, 0.05) is 46.4 Å². The molecule has 0 atom stereocenters. The minimum absolute atomic E-state index is 0. The molecule has 7 heteroatoms. The van der Waals surface area contributed by atoms with Crippen molar-refractivity contribution >= 4 is 35.8 Å². The van der Waals surface area contributed by atoms with Crippen LogP contribution < -0.4 is 5.32 Å². The molecule has 0 unspecified atom stereocenters. The predicted molar refractivity (Wildman–Crippen MR) is 113 cm³/mol. The molecule has 0 spiro atoms. The number of nitrogens with one attached hydrogen (secondary N) is 1. The summed E-state index contributed by atoms with van der Waals surface area (Å²) in [5, 5.41) is 3.31. The lowest BCUT2D eigenvalue weighted by atomic mass is 9.96. The SMILES string of the molecule is CCNC(=NCC(=O)N1CCCCC1)N(C)CCC1CCOCC1.I. The molecule has 2 heterocycles. The van der Waals surface area contributed by atoms with E-state index in [1.54, 1.807) is 0 Å². The van der Waals surface area contributed by atoms with Crippen LogP contribution >= 0.6 is 24.0 Å². The zero-order valence-electron chi connectivity index (χ0n) is 15.8. The highest BCUT2D eigenvalue weighted by molar-refractivity contribution is 14.0. The molecule has 0 bridgehead atoms. The van der Waals surface area contributed by atoms with Crippen LogP contribution in [0.2, 0.25) is 0 Å². The summed E-state index contributed by atoms with van der Waals surface area (Å²) in [5.41, 5.74) is 0. The van der Waals surface area contributed by atoms with Crippen molar-refractivity contribution in [1.82, 2.24) is 15.1 Å². The van der Waals surface area contributed by atoms with Gasteiger partial charge in [0.1, 0.15) is 6.54 Å². The van der Waals surface area contributed by atoms with Crippen LogP contribution in [0, 0.1) is 5.92 Å². The molecule has 146 valence electrons. The molecule has 2 rings (SSSR count). The maximum Gasteiger partial charge on any atom is 0.244 e. The fourth-order valence-corrected chi connectivity index (χ4v) is 3.37. The van der Waals surface area contributed by atoms with Crippen molar-refractivity contribution in [3.63, 3.8) is 0 Å². The second kappa shape index (κ2) is 12.7. The second-order valence-corrected chi connectivity index (χ2v) is 6.88. The van der Waals surface area contributed by atoms with Crippen LogP contribution in [0.15, 0.2) is 4.99 Å². The molecule has 25 heavy (non-hydrogen) atoms. The summed E-state index contributed by atoms with van der Waals surface area (Å²) >= 11 is 0. The number of carbonyl (C=O) groups excluding carboxylic acids is 1. The summed E-state index contributed by atoms with van der Waals surface area (Å²) in [4.78, 5) is 21.0. The third-order valence-electron chi connectivity index (χ3n) is 4.98. The van der Waals surface area contributed by atoms with Gasteiger partial charge in [-0.15, -0.1) is 24.0 Å². The molecular formula is C18H35IN4O2. The molecular weight excluding hydrogens is 431 g/mol. The Kier molecular flexibility index (Phi) is 11.4. The number of carbonyl (C=O) groups is 1. The molecule has 2 fully saturated rings. The summed E-state index contributed by atoms with van der Waals surface area (Å²) in [6.45, 7) is 7.68. The first kappa shape index (κ1) is 22.5. The van der Waals surface area contributed by atoms with Gasteiger partial charge in [-0.1, -0.05) is 0 Å². The van der Waals surface area contributed by atoms with Crippen LogP contribution in [0.1, 0.15) is 45.4 Å². The molecule has 0 aromatic rings. The van der Waals surface area contributed by atoms with Gasteiger partial charge in [0.2, 0.25) is 5.91 Å². The number of hydrogen-bond donors (Lipinski definition) is 1. The van der Waals surface area contributed by atoms with E-state index in [1.165, 1.54) is 6.42 Å². The Labute approximate surface area is 169 Å². The van der Waals surface area contributed by atoms with E-state index in [9.17, 15) is 4.79 Å². The normalized spacial score (nSPS) is 19.3. The Hall–Kier alpha value is -0.570. The minimum Gasteiger partial charge on any atom is -0.381 e. The number of piperidine rings is 1. The Balaban J connectivity index is 0.00000312. The molecule has 1 amide bonds. The lowest BCUT2D eigenvalue weighted by Gasteiger charge is -2.28. The maximum absolute atomic E-state index is 12.3. The second-order valence-electron chi connectivity index (χ2n) is 6.88. The van der Waals surface area contributed by atoms with E-state index in [4.69, 9.17) is 4.74 Å². The number of likely N-dealkylation sites (tertiary alicyclic amines) is 1. The van der Waals surface area contributed by atoms with Crippen molar-refractivity contribution in [2.45, 2.75) is 45.4 Å². The molecule has 0 radical (unpaired) electrons. The third-order valence-corrected chi connectivity index (χ3v) is 4.98. The van der Waals surface area contributed by atoms with E-state index in [1.807, 2.05) is 4.90 Å². The minimum atomic E-state index is 0. The smallest absolute Gasteiger partial charge is 0.244 e. The van der Waals surface area contributed by atoms with Crippen molar-refractivity contribution in [2.75, 3.05) is 53.0 Å². The molecule has 2 saturated heterocycles. The van der Waals surface area contributed by atoms with E-state index >= 15 is 0 Å². The number of nitrogens with zero attached hydrogens (tertiary/aromatic N) is 3. The first-order chi connectivity index (χ1) is 11.7. The van der Waals surface area contributed by atoms with Gasteiger partial charge >= 0.3 is 0 Å². The highest BCUT2D eigenvalue weighted by Gasteiger charge is 2.18. The maximum atomic E-state index is 12.3. The Morgan fingerprint density at radius 1 is 1.24 bits per heavy atom. The largest absolute Gasteiger partial charge is 0.381 e. The number of hydrogen-bond acceptors (Lipinski definition) is 3. The fraction of sp³-hybridized carbons (Fsp3) is 0.889.